The summed E-state index contributed by atoms with van der Waals surface area (Å²) in [6, 6.07) is 19.8. The van der Waals surface area contributed by atoms with Crippen molar-refractivity contribution in [1.29, 1.82) is 0 Å². The number of anilines is 1. The molecule has 0 atom stereocenters. The predicted octanol–water partition coefficient (Wildman–Crippen LogP) is 5.08. The van der Waals surface area contributed by atoms with Crippen LogP contribution in [0.15, 0.2) is 71.4 Å². The maximum atomic E-state index is 12.3. The molecule has 0 bridgehead atoms. The number of carbonyl (C=O) groups is 1. The molecule has 0 spiro atoms. The molecule has 2 amide bonds. The number of hydrogen-bond donors (Lipinski definition) is 1. The van der Waals surface area contributed by atoms with Crippen molar-refractivity contribution in [2.24, 2.45) is 0 Å². The molecule has 0 saturated carbocycles. The topological polar surface area (TPSA) is 32.3 Å². The van der Waals surface area contributed by atoms with Crippen molar-refractivity contribution in [3.63, 3.8) is 0 Å². The highest BCUT2D eigenvalue weighted by molar-refractivity contribution is 7.08. The van der Waals surface area contributed by atoms with Crippen LogP contribution in [0.5, 0.6) is 0 Å². The third-order valence-corrected chi connectivity index (χ3v) is 4.26. The molecule has 3 rings (SSSR count). The van der Waals surface area contributed by atoms with Gasteiger partial charge >= 0.3 is 6.03 Å². The van der Waals surface area contributed by atoms with Crippen LogP contribution in [-0.2, 0) is 6.54 Å². The lowest BCUT2D eigenvalue weighted by molar-refractivity contribution is 0.220. The van der Waals surface area contributed by atoms with Gasteiger partial charge in [0.1, 0.15) is 0 Å². The molecule has 23 heavy (non-hydrogen) atoms. The number of nitrogens with zero attached hydrogens (tertiary/aromatic N) is 1. The number of nitrogens with one attached hydrogen (secondary N) is 1. The van der Waals surface area contributed by atoms with Crippen molar-refractivity contribution in [2.75, 3.05) is 12.4 Å². The zero-order valence-electron chi connectivity index (χ0n) is 12.9. The molecule has 0 unspecified atom stereocenters. The van der Waals surface area contributed by atoms with E-state index < -0.39 is 0 Å². The Morgan fingerprint density at radius 2 is 1.87 bits per heavy atom. The summed E-state index contributed by atoms with van der Waals surface area (Å²) in [5.74, 6) is 0. The normalized spacial score (nSPS) is 10.3. The van der Waals surface area contributed by atoms with Crippen LogP contribution in [0, 0.1) is 0 Å². The van der Waals surface area contributed by atoms with E-state index in [0.29, 0.717) is 6.54 Å². The van der Waals surface area contributed by atoms with Crippen LogP contribution in [0.3, 0.4) is 0 Å². The van der Waals surface area contributed by atoms with E-state index in [2.05, 4.69) is 16.8 Å². The number of rotatable bonds is 4. The molecular formula is C19H18N2OS. The van der Waals surface area contributed by atoms with Gasteiger partial charge in [0.05, 0.1) is 0 Å². The van der Waals surface area contributed by atoms with Crippen molar-refractivity contribution in [2.45, 2.75) is 6.54 Å². The Balaban J connectivity index is 1.67. The fourth-order valence-electron chi connectivity index (χ4n) is 2.35. The summed E-state index contributed by atoms with van der Waals surface area (Å²) in [4.78, 5) is 14.0. The van der Waals surface area contributed by atoms with Gasteiger partial charge in [0.15, 0.2) is 0 Å². The van der Waals surface area contributed by atoms with Crippen molar-refractivity contribution in [1.82, 2.24) is 4.90 Å². The van der Waals surface area contributed by atoms with Crippen LogP contribution in [0.25, 0.3) is 11.1 Å². The van der Waals surface area contributed by atoms with E-state index in [1.807, 2.05) is 60.0 Å². The van der Waals surface area contributed by atoms with E-state index in [4.69, 9.17) is 0 Å². The summed E-state index contributed by atoms with van der Waals surface area (Å²) in [5.41, 5.74) is 4.19. The van der Waals surface area contributed by atoms with E-state index in [-0.39, 0.29) is 6.03 Å². The highest BCUT2D eigenvalue weighted by Gasteiger charge is 2.09. The average molecular weight is 322 g/mol. The minimum Gasteiger partial charge on any atom is -0.323 e. The van der Waals surface area contributed by atoms with Crippen molar-refractivity contribution >= 4 is 23.1 Å². The lowest BCUT2D eigenvalue weighted by Gasteiger charge is -2.18. The number of hydrogen-bond acceptors (Lipinski definition) is 2. The highest BCUT2D eigenvalue weighted by atomic mass is 32.1. The van der Waals surface area contributed by atoms with Crippen LogP contribution in [0.4, 0.5) is 10.5 Å². The molecular weight excluding hydrogens is 304 g/mol. The first kappa shape index (κ1) is 15.3. The maximum Gasteiger partial charge on any atom is 0.321 e. The maximum absolute atomic E-state index is 12.3. The predicted molar refractivity (Wildman–Crippen MR) is 96.7 cm³/mol. The molecule has 2 aromatic carbocycles. The van der Waals surface area contributed by atoms with Gasteiger partial charge in [-0.15, -0.1) is 0 Å². The molecule has 0 aliphatic heterocycles. The van der Waals surface area contributed by atoms with E-state index in [9.17, 15) is 4.79 Å². The Kier molecular flexibility index (Phi) is 4.74. The number of urea groups is 1. The van der Waals surface area contributed by atoms with E-state index >= 15 is 0 Å². The zero-order chi connectivity index (χ0) is 16.1. The van der Waals surface area contributed by atoms with E-state index in [1.54, 1.807) is 23.3 Å². The fraction of sp³-hybridized carbons (Fsp3) is 0.105. The van der Waals surface area contributed by atoms with Gasteiger partial charge in [-0.3, -0.25) is 0 Å². The molecule has 116 valence electrons. The molecule has 4 heteroatoms. The Bertz CT molecular complexity index is 769. The Morgan fingerprint density at radius 3 is 2.61 bits per heavy atom. The first-order valence-electron chi connectivity index (χ1n) is 7.41. The SMILES string of the molecule is CN(Cc1ccccc1)C(=O)Nc1cccc(-c2ccsc2)c1. The number of benzene rings is 2. The van der Waals surface area contributed by atoms with Crippen molar-refractivity contribution in [3.8, 4) is 11.1 Å². The standard InChI is InChI=1S/C19H18N2OS/c1-21(13-15-6-3-2-4-7-15)19(22)20-18-9-5-8-16(12-18)17-10-11-23-14-17/h2-12,14H,13H2,1H3,(H,20,22). The molecule has 1 heterocycles. The van der Waals surface area contributed by atoms with Gasteiger partial charge in [0, 0.05) is 19.3 Å². The first-order chi connectivity index (χ1) is 11.2. The number of carbonyl (C=O) groups excluding carboxylic acids is 1. The second-order valence-corrected chi connectivity index (χ2v) is 6.14. The average Bonchev–Trinajstić information content (AvgIpc) is 3.10. The first-order valence-corrected chi connectivity index (χ1v) is 8.35. The van der Waals surface area contributed by atoms with Crippen LogP contribution in [0.2, 0.25) is 0 Å². The highest BCUT2D eigenvalue weighted by Crippen LogP contribution is 2.24. The van der Waals surface area contributed by atoms with Gasteiger partial charge in [-0.2, -0.15) is 11.3 Å². The smallest absolute Gasteiger partial charge is 0.321 e. The van der Waals surface area contributed by atoms with E-state index in [1.165, 1.54) is 5.56 Å². The van der Waals surface area contributed by atoms with Crippen molar-refractivity contribution < 1.29 is 4.79 Å². The molecule has 0 aliphatic carbocycles. The van der Waals surface area contributed by atoms with Gasteiger partial charge < -0.3 is 10.2 Å². The van der Waals surface area contributed by atoms with Gasteiger partial charge in [-0.05, 0) is 45.6 Å². The van der Waals surface area contributed by atoms with E-state index in [0.717, 1.165) is 16.8 Å². The van der Waals surface area contributed by atoms with Gasteiger partial charge in [0.2, 0.25) is 0 Å². The monoisotopic (exact) mass is 322 g/mol. The summed E-state index contributed by atoms with van der Waals surface area (Å²) in [6.45, 7) is 0.580. The van der Waals surface area contributed by atoms with Crippen LogP contribution in [0.1, 0.15) is 5.56 Å². The zero-order valence-corrected chi connectivity index (χ0v) is 13.7. The lowest BCUT2D eigenvalue weighted by atomic mass is 10.1. The lowest BCUT2D eigenvalue weighted by Crippen LogP contribution is -2.30. The molecule has 0 saturated heterocycles. The Hall–Kier alpha value is -2.59. The second kappa shape index (κ2) is 7.11. The van der Waals surface area contributed by atoms with Crippen LogP contribution in [-0.4, -0.2) is 18.0 Å². The summed E-state index contributed by atoms with van der Waals surface area (Å²) >= 11 is 1.66. The second-order valence-electron chi connectivity index (χ2n) is 5.36. The summed E-state index contributed by atoms with van der Waals surface area (Å²) in [5, 5.41) is 7.10. The largest absolute Gasteiger partial charge is 0.323 e. The molecule has 1 N–H and O–H groups in total. The molecule has 0 fully saturated rings. The molecule has 3 aromatic rings. The van der Waals surface area contributed by atoms with Crippen molar-refractivity contribution in [3.05, 3.63) is 77.0 Å². The van der Waals surface area contributed by atoms with Crippen LogP contribution >= 0.6 is 11.3 Å². The number of thiophene rings is 1. The van der Waals surface area contributed by atoms with Gasteiger partial charge in [-0.1, -0.05) is 42.5 Å². The third kappa shape index (κ3) is 3.99. The molecule has 1 aromatic heterocycles. The summed E-state index contributed by atoms with van der Waals surface area (Å²) in [6.07, 6.45) is 0. The summed E-state index contributed by atoms with van der Waals surface area (Å²) in [7, 11) is 1.80. The van der Waals surface area contributed by atoms with Gasteiger partial charge in [0.25, 0.3) is 0 Å². The van der Waals surface area contributed by atoms with Crippen LogP contribution < -0.4 is 5.32 Å². The molecule has 0 aliphatic rings. The molecule has 0 radical (unpaired) electrons. The minimum absolute atomic E-state index is 0.115. The Labute approximate surface area is 140 Å². The fourth-order valence-corrected chi connectivity index (χ4v) is 3.02. The van der Waals surface area contributed by atoms with Gasteiger partial charge in [-0.25, -0.2) is 4.79 Å². The molecule has 3 nitrogen and oxygen atoms in total. The summed E-state index contributed by atoms with van der Waals surface area (Å²) < 4.78 is 0. The quantitative estimate of drug-likeness (QED) is 0.714. The third-order valence-electron chi connectivity index (χ3n) is 3.58. The Morgan fingerprint density at radius 1 is 1.04 bits per heavy atom. The number of amides is 2. The minimum atomic E-state index is -0.115.